The van der Waals surface area contributed by atoms with E-state index in [0.717, 1.165) is 67.8 Å². The number of benzene rings is 1. The van der Waals surface area contributed by atoms with E-state index in [1.165, 1.54) is 0 Å². The molecule has 1 atom stereocenters. The lowest BCUT2D eigenvalue weighted by Crippen LogP contribution is -2.54. The predicted molar refractivity (Wildman–Crippen MR) is 148 cm³/mol. The molecule has 0 spiro atoms. The van der Waals surface area contributed by atoms with Crippen LogP contribution in [0.2, 0.25) is 0 Å². The van der Waals surface area contributed by atoms with Crippen molar-refractivity contribution in [2.24, 2.45) is 5.73 Å². The first-order valence-corrected chi connectivity index (χ1v) is 13.9. The maximum absolute atomic E-state index is 15.8. The molecule has 1 aliphatic carbocycles. The summed E-state index contributed by atoms with van der Waals surface area (Å²) in [6.45, 7) is 5.52. The first-order valence-electron chi connectivity index (χ1n) is 13.9. The summed E-state index contributed by atoms with van der Waals surface area (Å²) >= 11 is 0. The smallest absolute Gasteiger partial charge is 0.324 e. The fourth-order valence-corrected chi connectivity index (χ4v) is 5.59. The van der Waals surface area contributed by atoms with Crippen molar-refractivity contribution >= 4 is 5.97 Å². The van der Waals surface area contributed by atoms with Crippen LogP contribution in [0.4, 0.5) is 4.39 Å². The molecule has 1 unspecified atom stereocenters. The zero-order valence-electron chi connectivity index (χ0n) is 22.5. The minimum absolute atomic E-state index is 0.105. The highest BCUT2D eigenvalue weighted by Gasteiger charge is 2.55. The number of halogens is 1. The van der Waals surface area contributed by atoms with Gasteiger partial charge in [-0.2, -0.15) is 0 Å². The molecule has 2 fully saturated rings. The Morgan fingerprint density at radius 1 is 1.08 bits per heavy atom. The molecule has 39 heavy (non-hydrogen) atoms. The number of rotatable bonds is 11. The molecule has 3 aromatic rings. The van der Waals surface area contributed by atoms with Gasteiger partial charge in [0.15, 0.2) is 0 Å². The predicted octanol–water partition coefficient (Wildman–Crippen LogP) is 3.85. The normalized spacial score (nSPS) is 18.1. The zero-order chi connectivity index (χ0) is 27.4. The van der Waals surface area contributed by atoms with Crippen LogP contribution in [0.5, 0.6) is 0 Å². The van der Waals surface area contributed by atoms with Gasteiger partial charge in [0.05, 0.1) is 0 Å². The SMILES string of the molecule is CC(c1cccc(Cc2cc(-c3cnc(CCCCN)nc3)ccn2)c1F)N1CCN(C2(C(=O)O)CC2)CC1. The van der Waals surface area contributed by atoms with E-state index in [4.69, 9.17) is 5.73 Å². The highest BCUT2D eigenvalue weighted by Crippen LogP contribution is 2.42. The second-order valence-electron chi connectivity index (χ2n) is 10.7. The maximum Gasteiger partial charge on any atom is 0.324 e. The third-order valence-electron chi connectivity index (χ3n) is 8.23. The second-order valence-corrected chi connectivity index (χ2v) is 10.7. The molecule has 206 valence electrons. The van der Waals surface area contributed by atoms with Crippen LogP contribution in [0.15, 0.2) is 48.9 Å². The standard InChI is InChI=1S/C30H37FN6O2/c1-21(36-13-15-37(16-14-36)30(9-10-30)29(38)39)26-6-4-5-23(28(26)31)18-25-17-22(8-12-33-25)24-19-34-27(35-20-24)7-2-3-11-32/h4-6,8,12,17,19-21H,2-3,7,9-11,13-16,18,32H2,1H3,(H,38,39). The molecule has 2 aromatic heterocycles. The third kappa shape index (κ3) is 6.00. The minimum Gasteiger partial charge on any atom is -0.480 e. The Morgan fingerprint density at radius 3 is 2.49 bits per heavy atom. The quantitative estimate of drug-likeness (QED) is 0.359. The van der Waals surface area contributed by atoms with Gasteiger partial charge in [-0.3, -0.25) is 19.6 Å². The number of nitrogens with two attached hydrogens (primary N) is 1. The fraction of sp³-hybridized carbons (Fsp3) is 0.467. The lowest BCUT2D eigenvalue weighted by atomic mass is 9.98. The van der Waals surface area contributed by atoms with Gasteiger partial charge in [0.2, 0.25) is 0 Å². The highest BCUT2D eigenvalue weighted by atomic mass is 19.1. The second kappa shape index (κ2) is 11.9. The molecule has 0 bridgehead atoms. The van der Waals surface area contributed by atoms with Crippen molar-refractivity contribution in [3.05, 3.63) is 77.4 Å². The van der Waals surface area contributed by atoms with Crippen molar-refractivity contribution in [3.8, 4) is 11.1 Å². The van der Waals surface area contributed by atoms with E-state index in [1.54, 1.807) is 6.20 Å². The van der Waals surface area contributed by atoms with Gasteiger partial charge in [-0.1, -0.05) is 18.2 Å². The molecular weight excluding hydrogens is 495 g/mol. The number of aromatic nitrogens is 3. The van der Waals surface area contributed by atoms with Crippen molar-refractivity contribution in [1.82, 2.24) is 24.8 Å². The van der Waals surface area contributed by atoms with E-state index in [0.29, 0.717) is 37.2 Å². The van der Waals surface area contributed by atoms with Gasteiger partial charge in [-0.05, 0) is 62.4 Å². The van der Waals surface area contributed by atoms with Crippen molar-refractivity contribution < 1.29 is 14.3 Å². The molecule has 3 N–H and O–H groups in total. The number of aliphatic carboxylic acids is 1. The number of carboxylic acid groups (broad SMARTS) is 1. The lowest BCUT2D eigenvalue weighted by molar-refractivity contribution is -0.146. The Bertz CT molecular complexity index is 1290. The summed E-state index contributed by atoms with van der Waals surface area (Å²) in [5, 5.41) is 9.61. The summed E-state index contributed by atoms with van der Waals surface area (Å²) in [4.78, 5) is 29.5. The van der Waals surface area contributed by atoms with E-state index < -0.39 is 11.5 Å². The van der Waals surface area contributed by atoms with E-state index in [9.17, 15) is 9.90 Å². The molecule has 0 radical (unpaired) electrons. The number of pyridine rings is 1. The van der Waals surface area contributed by atoms with E-state index in [1.807, 2.05) is 49.6 Å². The summed E-state index contributed by atoms with van der Waals surface area (Å²) < 4.78 is 15.8. The Labute approximate surface area is 229 Å². The number of carboxylic acids is 1. The minimum atomic E-state index is -0.719. The molecular formula is C30H37FN6O2. The van der Waals surface area contributed by atoms with Gasteiger partial charge in [0.25, 0.3) is 0 Å². The van der Waals surface area contributed by atoms with Crippen molar-refractivity contribution in [2.45, 2.75) is 57.0 Å². The number of hydrogen-bond acceptors (Lipinski definition) is 7. The molecule has 5 rings (SSSR count). The van der Waals surface area contributed by atoms with Crippen LogP contribution in [0.25, 0.3) is 11.1 Å². The van der Waals surface area contributed by atoms with Gasteiger partial charge in [-0.15, -0.1) is 0 Å². The summed E-state index contributed by atoms with van der Waals surface area (Å²) in [6, 6.07) is 9.36. The Balaban J connectivity index is 1.25. The van der Waals surface area contributed by atoms with Gasteiger partial charge < -0.3 is 10.8 Å². The molecule has 0 amide bonds. The van der Waals surface area contributed by atoms with Crippen molar-refractivity contribution in [3.63, 3.8) is 0 Å². The summed E-state index contributed by atoms with van der Waals surface area (Å²) in [5.74, 6) is -0.109. The van der Waals surface area contributed by atoms with Crippen LogP contribution >= 0.6 is 0 Å². The molecule has 1 aromatic carbocycles. The van der Waals surface area contributed by atoms with Crippen LogP contribution in [-0.2, 0) is 17.6 Å². The number of hydrogen-bond donors (Lipinski definition) is 2. The molecule has 8 nitrogen and oxygen atoms in total. The summed E-state index contributed by atoms with van der Waals surface area (Å²) in [6.07, 6.45) is 9.96. The number of nitrogens with zero attached hydrogens (tertiary/aromatic N) is 5. The van der Waals surface area contributed by atoms with Crippen molar-refractivity contribution in [1.29, 1.82) is 0 Å². The van der Waals surface area contributed by atoms with Gasteiger partial charge in [0.1, 0.15) is 17.2 Å². The number of carbonyl (C=O) groups is 1. The topological polar surface area (TPSA) is 108 Å². The molecule has 1 saturated carbocycles. The van der Waals surface area contributed by atoms with Gasteiger partial charge in [-0.25, -0.2) is 14.4 Å². The maximum atomic E-state index is 15.8. The molecule has 1 saturated heterocycles. The van der Waals surface area contributed by atoms with Gasteiger partial charge >= 0.3 is 5.97 Å². The summed E-state index contributed by atoms with van der Waals surface area (Å²) in [5.41, 5.74) is 8.80. The molecule has 9 heteroatoms. The number of piperazine rings is 1. The third-order valence-corrected chi connectivity index (χ3v) is 8.23. The first kappa shape index (κ1) is 27.3. The Kier molecular flexibility index (Phi) is 8.30. The Morgan fingerprint density at radius 2 is 1.82 bits per heavy atom. The average Bonchev–Trinajstić information content (AvgIpc) is 3.77. The van der Waals surface area contributed by atoms with E-state index in [2.05, 4.69) is 24.8 Å². The molecule has 2 aliphatic rings. The first-order chi connectivity index (χ1) is 18.9. The molecule has 1 aliphatic heterocycles. The van der Waals surface area contributed by atoms with E-state index >= 15 is 4.39 Å². The molecule has 3 heterocycles. The zero-order valence-corrected chi connectivity index (χ0v) is 22.5. The van der Waals surface area contributed by atoms with Crippen LogP contribution in [0.1, 0.15) is 61.3 Å². The number of aryl methyl sites for hydroxylation is 1. The van der Waals surface area contributed by atoms with Crippen molar-refractivity contribution in [2.75, 3.05) is 32.7 Å². The largest absolute Gasteiger partial charge is 0.480 e. The monoisotopic (exact) mass is 532 g/mol. The fourth-order valence-electron chi connectivity index (χ4n) is 5.59. The van der Waals surface area contributed by atoms with E-state index in [-0.39, 0.29) is 11.9 Å². The Hall–Kier alpha value is -3.27. The van der Waals surface area contributed by atoms with Crippen LogP contribution in [0.3, 0.4) is 0 Å². The van der Waals surface area contributed by atoms with Gasteiger partial charge in [0, 0.05) is 80.5 Å². The summed E-state index contributed by atoms with van der Waals surface area (Å²) in [7, 11) is 0. The lowest BCUT2D eigenvalue weighted by Gasteiger charge is -2.40. The van der Waals surface area contributed by atoms with Crippen LogP contribution in [0, 0.1) is 5.82 Å². The highest BCUT2D eigenvalue weighted by molar-refractivity contribution is 5.82. The average molecular weight is 533 g/mol. The van der Waals surface area contributed by atoms with Crippen LogP contribution < -0.4 is 5.73 Å². The number of unbranched alkanes of at least 4 members (excludes halogenated alkanes) is 1. The van der Waals surface area contributed by atoms with Crippen LogP contribution in [-0.4, -0.2) is 74.1 Å².